The minimum absolute atomic E-state index is 0.0757. The van der Waals surface area contributed by atoms with Crippen LogP contribution in [0.4, 0.5) is 13.2 Å². The molecular weight excluding hydrogens is 311 g/mol. The minimum atomic E-state index is -4.76. The molecule has 0 aliphatic rings. The maximum atomic E-state index is 12.0. The Labute approximate surface area is 118 Å². The highest BCUT2D eigenvalue weighted by molar-refractivity contribution is 7.89. The number of rotatable bonds is 5. The number of halogens is 3. The highest BCUT2D eigenvalue weighted by Gasteiger charge is 2.30. The monoisotopic (exact) mass is 321 g/mol. The normalized spacial score (nSPS) is 12.3. The lowest BCUT2D eigenvalue weighted by Gasteiger charge is -2.09. The molecule has 0 saturated heterocycles. The average Bonchev–Trinajstić information content (AvgIpc) is 2.91. The van der Waals surface area contributed by atoms with E-state index in [-0.39, 0.29) is 17.3 Å². The maximum Gasteiger partial charge on any atom is 0.573 e. The molecule has 0 aliphatic heterocycles. The van der Waals surface area contributed by atoms with Crippen molar-refractivity contribution in [2.75, 3.05) is 0 Å². The van der Waals surface area contributed by atoms with Crippen LogP contribution in [0.15, 0.2) is 41.8 Å². The molecule has 0 aliphatic carbocycles. The molecule has 2 aromatic rings. The molecule has 1 heterocycles. The van der Waals surface area contributed by atoms with Crippen molar-refractivity contribution in [2.45, 2.75) is 17.9 Å². The molecule has 0 radical (unpaired) electrons. The van der Waals surface area contributed by atoms with Crippen molar-refractivity contribution in [3.8, 4) is 5.75 Å². The van der Waals surface area contributed by atoms with Gasteiger partial charge in [0.05, 0.1) is 12.5 Å². The van der Waals surface area contributed by atoms with Gasteiger partial charge in [0.15, 0.2) is 5.03 Å². The highest BCUT2D eigenvalue weighted by atomic mass is 32.2. The standard InChI is InChI=1S/C11H10F3N3O3S/c12-11(13,14)20-9-3-1-8(2-4-9)5-17-21(18,19)10-6-15-7-16-10/h1-4,6-7,17H,5H2,(H,15,16). The number of sulfonamides is 1. The molecule has 1 aromatic carbocycles. The van der Waals surface area contributed by atoms with Gasteiger partial charge in [-0.2, -0.15) is 0 Å². The number of hydrogen-bond donors (Lipinski definition) is 2. The summed E-state index contributed by atoms with van der Waals surface area (Å²) in [4.78, 5) is 6.03. The van der Waals surface area contributed by atoms with Gasteiger partial charge in [0.2, 0.25) is 0 Å². The fourth-order valence-electron chi connectivity index (χ4n) is 1.46. The zero-order valence-corrected chi connectivity index (χ0v) is 11.2. The number of hydrogen-bond acceptors (Lipinski definition) is 4. The van der Waals surface area contributed by atoms with Gasteiger partial charge in [-0.15, -0.1) is 13.2 Å². The van der Waals surface area contributed by atoms with Gasteiger partial charge in [0, 0.05) is 6.54 Å². The van der Waals surface area contributed by atoms with E-state index in [1.54, 1.807) is 0 Å². The summed E-state index contributed by atoms with van der Waals surface area (Å²) in [6.45, 7) is -0.0757. The Hall–Kier alpha value is -2.07. The summed E-state index contributed by atoms with van der Waals surface area (Å²) in [5.41, 5.74) is 0.479. The molecule has 0 spiro atoms. The third-order valence-corrected chi connectivity index (χ3v) is 3.71. The number of ether oxygens (including phenoxy) is 1. The molecule has 114 valence electrons. The molecule has 0 unspecified atom stereocenters. The van der Waals surface area contributed by atoms with Crippen LogP contribution in [0.25, 0.3) is 0 Å². The predicted molar refractivity (Wildman–Crippen MR) is 65.7 cm³/mol. The third-order valence-electron chi connectivity index (χ3n) is 2.39. The SMILES string of the molecule is O=S(=O)(NCc1ccc(OC(F)(F)F)cc1)c1cnc[nH]1. The molecule has 2 N–H and O–H groups in total. The minimum Gasteiger partial charge on any atom is -0.406 e. The van der Waals surface area contributed by atoms with Gasteiger partial charge in [-0.1, -0.05) is 12.1 Å². The van der Waals surface area contributed by atoms with Crippen molar-refractivity contribution in [3.63, 3.8) is 0 Å². The average molecular weight is 321 g/mol. The van der Waals surface area contributed by atoms with Crippen LogP contribution >= 0.6 is 0 Å². The lowest BCUT2D eigenvalue weighted by molar-refractivity contribution is -0.274. The van der Waals surface area contributed by atoms with Gasteiger partial charge in [0.25, 0.3) is 10.0 Å². The molecule has 0 amide bonds. The summed E-state index contributed by atoms with van der Waals surface area (Å²) in [6.07, 6.45) is -2.40. The molecule has 0 fully saturated rings. The van der Waals surface area contributed by atoms with Crippen LogP contribution in [-0.2, 0) is 16.6 Å². The van der Waals surface area contributed by atoms with Crippen molar-refractivity contribution in [3.05, 3.63) is 42.4 Å². The van der Waals surface area contributed by atoms with E-state index in [9.17, 15) is 21.6 Å². The van der Waals surface area contributed by atoms with Crippen LogP contribution in [0, 0.1) is 0 Å². The van der Waals surface area contributed by atoms with Gasteiger partial charge in [-0.3, -0.25) is 0 Å². The first-order valence-electron chi connectivity index (χ1n) is 5.59. The van der Waals surface area contributed by atoms with Gasteiger partial charge in [0.1, 0.15) is 5.75 Å². The zero-order valence-electron chi connectivity index (χ0n) is 10.4. The predicted octanol–water partition coefficient (Wildman–Crippen LogP) is 1.79. The topological polar surface area (TPSA) is 84.1 Å². The summed E-state index contributed by atoms with van der Waals surface area (Å²) in [7, 11) is -3.73. The second-order valence-electron chi connectivity index (χ2n) is 3.93. The van der Waals surface area contributed by atoms with Gasteiger partial charge in [-0.05, 0) is 17.7 Å². The van der Waals surface area contributed by atoms with Crippen LogP contribution in [0.5, 0.6) is 5.75 Å². The van der Waals surface area contributed by atoms with E-state index >= 15 is 0 Å². The van der Waals surface area contributed by atoms with Crippen molar-refractivity contribution in [1.82, 2.24) is 14.7 Å². The summed E-state index contributed by atoms with van der Waals surface area (Å²) >= 11 is 0. The quantitative estimate of drug-likeness (QED) is 0.879. The molecule has 0 saturated carbocycles. The Kier molecular flexibility index (Phi) is 4.19. The van der Waals surface area contributed by atoms with Crippen molar-refractivity contribution in [2.24, 2.45) is 0 Å². The number of aromatic amines is 1. The number of benzene rings is 1. The fourth-order valence-corrected chi connectivity index (χ4v) is 2.37. The van der Waals surface area contributed by atoms with Crippen LogP contribution in [0.2, 0.25) is 0 Å². The van der Waals surface area contributed by atoms with Crippen LogP contribution < -0.4 is 9.46 Å². The fraction of sp³-hybridized carbons (Fsp3) is 0.182. The second-order valence-corrected chi connectivity index (χ2v) is 5.67. The summed E-state index contributed by atoms with van der Waals surface area (Å²) in [5, 5.41) is -0.0977. The molecule has 1 aromatic heterocycles. The molecule has 21 heavy (non-hydrogen) atoms. The van der Waals surface area contributed by atoms with E-state index in [4.69, 9.17) is 0 Å². The molecule has 0 bridgehead atoms. The van der Waals surface area contributed by atoms with Crippen LogP contribution in [-0.4, -0.2) is 24.7 Å². The Morgan fingerprint density at radius 3 is 2.43 bits per heavy atom. The lowest BCUT2D eigenvalue weighted by Crippen LogP contribution is -2.23. The summed E-state index contributed by atoms with van der Waals surface area (Å²) in [6, 6.07) is 4.87. The number of H-pyrrole nitrogens is 1. The number of nitrogens with zero attached hydrogens (tertiary/aromatic N) is 1. The van der Waals surface area contributed by atoms with E-state index in [1.165, 1.54) is 18.5 Å². The van der Waals surface area contributed by atoms with E-state index in [0.29, 0.717) is 5.56 Å². The number of imidazole rings is 1. The van der Waals surface area contributed by atoms with Crippen molar-refractivity contribution in [1.29, 1.82) is 0 Å². The zero-order chi connectivity index (χ0) is 15.5. The lowest BCUT2D eigenvalue weighted by atomic mass is 10.2. The van der Waals surface area contributed by atoms with Gasteiger partial charge < -0.3 is 9.72 Å². The number of alkyl halides is 3. The highest BCUT2D eigenvalue weighted by Crippen LogP contribution is 2.22. The molecule has 6 nitrogen and oxygen atoms in total. The first kappa shape index (κ1) is 15.3. The largest absolute Gasteiger partial charge is 0.573 e. The molecule has 10 heteroatoms. The summed E-state index contributed by atoms with van der Waals surface area (Å²) in [5.74, 6) is -0.373. The van der Waals surface area contributed by atoms with E-state index in [2.05, 4.69) is 19.4 Å². The van der Waals surface area contributed by atoms with Crippen LogP contribution in [0.3, 0.4) is 0 Å². The van der Waals surface area contributed by atoms with Gasteiger partial charge in [-0.25, -0.2) is 18.1 Å². The second kappa shape index (κ2) is 5.74. The number of nitrogens with one attached hydrogen (secondary N) is 2. The number of aromatic nitrogens is 2. The van der Waals surface area contributed by atoms with E-state index in [1.807, 2.05) is 0 Å². The Balaban J connectivity index is 1.98. The Morgan fingerprint density at radius 1 is 1.24 bits per heavy atom. The smallest absolute Gasteiger partial charge is 0.406 e. The van der Waals surface area contributed by atoms with E-state index in [0.717, 1.165) is 18.3 Å². The van der Waals surface area contributed by atoms with Crippen LogP contribution in [0.1, 0.15) is 5.56 Å². The molecule has 0 atom stereocenters. The van der Waals surface area contributed by atoms with Crippen molar-refractivity contribution < 1.29 is 26.3 Å². The molecular formula is C11H10F3N3O3S. The first-order chi connectivity index (χ1) is 9.76. The Morgan fingerprint density at radius 2 is 1.90 bits per heavy atom. The first-order valence-corrected chi connectivity index (χ1v) is 7.07. The van der Waals surface area contributed by atoms with Gasteiger partial charge >= 0.3 is 6.36 Å². The summed E-state index contributed by atoms with van der Waals surface area (Å²) < 4.78 is 65.5. The maximum absolute atomic E-state index is 12.0. The van der Waals surface area contributed by atoms with E-state index < -0.39 is 16.4 Å². The third kappa shape index (κ3) is 4.46. The molecule has 2 rings (SSSR count). The van der Waals surface area contributed by atoms with Crippen molar-refractivity contribution >= 4 is 10.0 Å². The Bertz CT molecular complexity index is 682.